The van der Waals surface area contributed by atoms with E-state index in [0.29, 0.717) is 17.8 Å². The first-order valence-electron chi connectivity index (χ1n) is 15.2. The van der Waals surface area contributed by atoms with E-state index in [1.807, 2.05) is 32.9 Å². The summed E-state index contributed by atoms with van der Waals surface area (Å²) in [6, 6.07) is 1.95. The van der Waals surface area contributed by atoms with Gasteiger partial charge >= 0.3 is 11.9 Å². The van der Waals surface area contributed by atoms with E-state index < -0.39 is 11.4 Å². The Morgan fingerprint density at radius 2 is 1.36 bits per heavy atom. The molecule has 7 heteroatoms. The summed E-state index contributed by atoms with van der Waals surface area (Å²) in [6.07, 6.45) is 21.1. The van der Waals surface area contributed by atoms with Crippen LogP contribution in [0.3, 0.4) is 0 Å². The van der Waals surface area contributed by atoms with Crippen LogP contribution >= 0.6 is 0 Å². The molecule has 3 saturated carbocycles. The monoisotopic (exact) mass is 543 g/mol. The molecule has 0 saturated heterocycles. The molecule has 0 aromatic heterocycles. The molecule has 0 heterocycles. The number of nitrogens with zero attached hydrogens (tertiary/aromatic N) is 1. The van der Waals surface area contributed by atoms with Gasteiger partial charge in [-0.1, -0.05) is 38.3 Å². The molecular weight excluding hydrogens is 494 g/mol. The number of rotatable bonds is 12. The molecule has 3 aliphatic carbocycles. The number of carbonyl (C=O) groups is 2. The lowest BCUT2D eigenvalue weighted by molar-refractivity contribution is -0.173. The third-order valence-electron chi connectivity index (χ3n) is 9.16. The first-order chi connectivity index (χ1) is 18.8. The van der Waals surface area contributed by atoms with E-state index in [9.17, 15) is 14.9 Å². The third-order valence-corrected chi connectivity index (χ3v) is 9.16. The number of esters is 2. The van der Waals surface area contributed by atoms with Crippen molar-refractivity contribution >= 4 is 11.9 Å². The smallest absolute Gasteiger partial charge is 0.350 e. The molecule has 3 rings (SSSR count). The van der Waals surface area contributed by atoms with Crippen LogP contribution in [0.4, 0.5) is 0 Å². The summed E-state index contributed by atoms with van der Waals surface area (Å²) in [4.78, 5) is 24.4. The fraction of sp³-hybridized carbons (Fsp3) is 0.781. The van der Waals surface area contributed by atoms with Gasteiger partial charge in [0.25, 0.3) is 0 Å². The molecule has 0 unspecified atom stereocenters. The second-order valence-corrected chi connectivity index (χ2v) is 12.2. The van der Waals surface area contributed by atoms with E-state index in [1.165, 1.54) is 32.1 Å². The number of nitriles is 1. The molecule has 0 atom stereocenters. The van der Waals surface area contributed by atoms with Crippen LogP contribution in [-0.4, -0.2) is 37.7 Å². The summed E-state index contributed by atoms with van der Waals surface area (Å²) in [6.45, 7) is 5.72. The van der Waals surface area contributed by atoms with Crippen molar-refractivity contribution in [2.75, 3.05) is 13.6 Å². The Bertz CT molecular complexity index is 866. The molecule has 0 aromatic rings. The zero-order valence-electron chi connectivity index (χ0n) is 24.3. The lowest BCUT2D eigenvalue weighted by atomic mass is 9.72. The number of hydrogen-bond acceptors (Lipinski definition) is 7. The van der Waals surface area contributed by atoms with Crippen molar-refractivity contribution in [3.05, 3.63) is 23.8 Å². The second kappa shape index (κ2) is 16.2. The highest BCUT2D eigenvalue weighted by Crippen LogP contribution is 2.39. The quantitative estimate of drug-likeness (QED) is 0.0847. The molecule has 3 fully saturated rings. The van der Waals surface area contributed by atoms with Crippen LogP contribution in [0.5, 0.6) is 0 Å². The number of hydrogen-bond donors (Lipinski definition) is 0. The van der Waals surface area contributed by atoms with Crippen molar-refractivity contribution in [1.29, 1.82) is 5.26 Å². The Labute approximate surface area is 235 Å². The first kappa shape index (κ1) is 31.4. The first-order valence-corrected chi connectivity index (χ1v) is 15.2. The van der Waals surface area contributed by atoms with Crippen molar-refractivity contribution in [2.24, 2.45) is 23.2 Å². The van der Waals surface area contributed by atoms with Gasteiger partial charge in [-0.25, -0.2) is 4.79 Å². The highest BCUT2D eigenvalue weighted by atomic mass is 16.7. The van der Waals surface area contributed by atoms with Crippen LogP contribution in [0, 0.1) is 34.5 Å². The summed E-state index contributed by atoms with van der Waals surface area (Å²) >= 11 is 0. The average molecular weight is 544 g/mol. The third kappa shape index (κ3) is 10.4. The van der Waals surface area contributed by atoms with Gasteiger partial charge in [0.05, 0.1) is 17.6 Å². The Balaban J connectivity index is 1.27. The fourth-order valence-electron chi connectivity index (χ4n) is 6.02. The van der Waals surface area contributed by atoms with Crippen LogP contribution in [-0.2, 0) is 28.5 Å². The summed E-state index contributed by atoms with van der Waals surface area (Å²) < 4.78 is 22.3. The predicted octanol–water partition coefficient (Wildman–Crippen LogP) is 7.16. The van der Waals surface area contributed by atoms with Gasteiger partial charge in [-0.3, -0.25) is 4.79 Å². The van der Waals surface area contributed by atoms with Crippen molar-refractivity contribution in [3.8, 4) is 6.07 Å². The summed E-state index contributed by atoms with van der Waals surface area (Å²) in [5.74, 6) is 1.12. The van der Waals surface area contributed by atoms with Crippen LogP contribution in [0.2, 0.25) is 0 Å². The maximum Gasteiger partial charge on any atom is 0.350 e. The maximum atomic E-state index is 12.3. The summed E-state index contributed by atoms with van der Waals surface area (Å²) in [5.41, 5.74) is -0.454. The number of ether oxygens (including phenoxy) is 4. The molecule has 0 radical (unpaired) electrons. The standard InChI is InChI=1S/C32H49NO6/c1-4-32(2,3)31(35)39-23-37-29-19-15-26(16-20-29)25-13-17-28(18-14-25)36-22-38-30(34)27(21-33)12-8-11-24-9-6-5-7-10-24/h8,11-12,24-26,28-29H,4-7,9-10,13-20,22-23H2,1-3H3. The Hall–Kier alpha value is -2.17. The van der Waals surface area contributed by atoms with Crippen LogP contribution < -0.4 is 0 Å². The minimum atomic E-state index is -0.623. The molecular formula is C32H49NO6. The van der Waals surface area contributed by atoms with Gasteiger partial charge in [-0.05, 0) is 108 Å². The molecule has 0 amide bonds. The molecule has 0 N–H and O–H groups in total. The normalized spacial score (nSPS) is 27.2. The maximum absolute atomic E-state index is 12.3. The molecule has 0 bridgehead atoms. The van der Waals surface area contributed by atoms with E-state index in [4.69, 9.17) is 18.9 Å². The van der Waals surface area contributed by atoms with Crippen LogP contribution in [0.15, 0.2) is 23.8 Å². The summed E-state index contributed by atoms with van der Waals surface area (Å²) in [5, 5.41) is 9.33. The molecule has 3 aliphatic rings. The van der Waals surface area contributed by atoms with Crippen LogP contribution in [0.25, 0.3) is 0 Å². The van der Waals surface area contributed by atoms with E-state index in [1.54, 1.807) is 6.08 Å². The molecule has 0 spiro atoms. The lowest BCUT2D eigenvalue weighted by Gasteiger charge is -2.37. The zero-order valence-corrected chi connectivity index (χ0v) is 24.3. The van der Waals surface area contributed by atoms with Gasteiger partial charge in [-0.2, -0.15) is 5.26 Å². The van der Waals surface area contributed by atoms with Gasteiger partial charge in [0, 0.05) is 0 Å². The van der Waals surface area contributed by atoms with E-state index >= 15 is 0 Å². The Morgan fingerprint density at radius 3 is 1.87 bits per heavy atom. The van der Waals surface area contributed by atoms with Crippen molar-refractivity contribution in [1.82, 2.24) is 0 Å². The van der Waals surface area contributed by atoms with Crippen LogP contribution in [0.1, 0.15) is 111 Å². The van der Waals surface area contributed by atoms with Gasteiger partial charge in [0.15, 0.2) is 13.6 Å². The largest absolute Gasteiger partial charge is 0.438 e. The minimum Gasteiger partial charge on any atom is -0.438 e. The minimum absolute atomic E-state index is 0.0110. The highest BCUT2D eigenvalue weighted by molar-refractivity contribution is 5.93. The zero-order chi connectivity index (χ0) is 28.1. The van der Waals surface area contributed by atoms with Gasteiger partial charge in [0.1, 0.15) is 11.6 Å². The Kier molecular flexibility index (Phi) is 13.0. The molecule has 0 aliphatic heterocycles. The fourth-order valence-corrected chi connectivity index (χ4v) is 6.02. The predicted molar refractivity (Wildman–Crippen MR) is 149 cm³/mol. The van der Waals surface area contributed by atoms with Gasteiger partial charge in [0.2, 0.25) is 0 Å². The van der Waals surface area contributed by atoms with Crippen molar-refractivity contribution < 1.29 is 28.5 Å². The highest BCUT2D eigenvalue weighted by Gasteiger charge is 2.32. The molecule has 218 valence electrons. The van der Waals surface area contributed by atoms with Crippen molar-refractivity contribution in [3.63, 3.8) is 0 Å². The van der Waals surface area contributed by atoms with Gasteiger partial charge in [-0.15, -0.1) is 0 Å². The van der Waals surface area contributed by atoms with Gasteiger partial charge < -0.3 is 18.9 Å². The van der Waals surface area contributed by atoms with E-state index in [2.05, 4.69) is 6.08 Å². The molecule has 0 aromatic carbocycles. The summed E-state index contributed by atoms with van der Waals surface area (Å²) in [7, 11) is 0. The number of allylic oxidation sites excluding steroid dienone is 3. The SMILES string of the molecule is CCC(C)(C)C(=O)OCOC1CCC(C2CCC(OCOC(=O)C(C#N)=CC=CC3CCCCC3)CC2)CC1. The lowest BCUT2D eigenvalue weighted by Crippen LogP contribution is -2.32. The topological polar surface area (TPSA) is 94.8 Å². The average Bonchev–Trinajstić information content (AvgIpc) is 2.96. The second-order valence-electron chi connectivity index (χ2n) is 12.2. The van der Waals surface area contributed by atoms with Crippen molar-refractivity contribution in [2.45, 2.75) is 123 Å². The van der Waals surface area contributed by atoms with E-state index in [-0.39, 0.29) is 37.3 Å². The number of carbonyl (C=O) groups excluding carboxylic acids is 2. The Morgan fingerprint density at radius 1 is 0.821 bits per heavy atom. The molecule has 7 nitrogen and oxygen atoms in total. The molecule has 39 heavy (non-hydrogen) atoms. The van der Waals surface area contributed by atoms with E-state index in [0.717, 1.165) is 57.8 Å².